The largest absolute Gasteiger partial charge is 0.271 e. The van der Waals surface area contributed by atoms with Crippen LogP contribution in [0.2, 0.25) is 0 Å². The van der Waals surface area contributed by atoms with E-state index >= 15 is 0 Å². The predicted molar refractivity (Wildman–Crippen MR) is 115 cm³/mol. The van der Waals surface area contributed by atoms with Crippen LogP contribution < -0.4 is 0 Å². The molecule has 0 N–H and O–H groups in total. The van der Waals surface area contributed by atoms with E-state index in [1.54, 1.807) is 17.0 Å². The molecule has 0 radical (unpaired) electrons. The van der Waals surface area contributed by atoms with Crippen molar-refractivity contribution in [1.82, 2.24) is 4.90 Å². The second-order valence-electron chi connectivity index (χ2n) is 7.08. The number of fused-ring (bicyclic) bond motifs is 3. The number of carbonyl (C=O) groups is 1. The van der Waals surface area contributed by atoms with Crippen molar-refractivity contribution in [3.05, 3.63) is 69.8 Å². The Morgan fingerprint density at radius 1 is 1.24 bits per heavy atom. The van der Waals surface area contributed by atoms with Crippen molar-refractivity contribution in [3.63, 3.8) is 0 Å². The molecule has 8 heteroatoms. The fourth-order valence-corrected chi connectivity index (χ4v) is 4.31. The van der Waals surface area contributed by atoms with E-state index in [2.05, 4.69) is 6.92 Å². The molecule has 2 aliphatic rings. The fraction of sp³-hybridized carbons (Fsp3) is 0.286. The lowest BCUT2D eigenvalue weighted by Gasteiger charge is -2.26. The van der Waals surface area contributed by atoms with Crippen LogP contribution in [-0.4, -0.2) is 32.8 Å². The summed E-state index contributed by atoms with van der Waals surface area (Å²) in [6.07, 6.45) is 0.857. The van der Waals surface area contributed by atoms with Crippen LogP contribution in [0.1, 0.15) is 31.4 Å². The Hall–Kier alpha value is -3.00. The Balaban J connectivity index is 1.66. The van der Waals surface area contributed by atoms with Crippen LogP contribution in [0.4, 0.5) is 11.4 Å². The molecule has 0 aromatic heterocycles. The highest BCUT2D eigenvalue weighted by Gasteiger charge is 2.42. The normalized spacial score (nSPS) is 18.6. The molecular formula is C21H20N4O3S. The maximum atomic E-state index is 13.1. The Morgan fingerprint density at radius 3 is 2.79 bits per heavy atom. The van der Waals surface area contributed by atoms with Gasteiger partial charge in [-0.15, -0.1) is 0 Å². The number of hydrogen-bond acceptors (Lipinski definition) is 6. The van der Waals surface area contributed by atoms with Crippen molar-refractivity contribution < 1.29 is 9.72 Å². The van der Waals surface area contributed by atoms with Gasteiger partial charge in [-0.1, -0.05) is 56.3 Å². The van der Waals surface area contributed by atoms with E-state index in [9.17, 15) is 14.9 Å². The molecule has 148 valence electrons. The first-order valence-corrected chi connectivity index (χ1v) is 10.4. The number of aliphatic imine (C=N–C) groups is 2. The number of amidine groups is 2. The minimum Gasteiger partial charge on any atom is -0.271 e. The van der Waals surface area contributed by atoms with E-state index in [0.717, 1.165) is 23.2 Å². The van der Waals surface area contributed by atoms with E-state index in [1.165, 1.54) is 17.8 Å². The number of nitrogens with zero attached hydrogens (tertiary/aromatic N) is 4. The third-order valence-electron chi connectivity index (χ3n) is 5.17. The standard InChI is InChI=1S/C21H20N4O3S/c1-3-13(2)18-20(26)24-19(23-18)16-9-4-5-10-17(16)22-21(24)29-12-14-7-6-8-15(11-14)25(27)28/h4-11,13,18H,3,12H2,1-2H3/t13-,18+/m1/s1. The summed E-state index contributed by atoms with van der Waals surface area (Å²) in [7, 11) is 0. The number of para-hydroxylation sites is 1. The molecule has 2 aliphatic heterocycles. The van der Waals surface area contributed by atoms with Gasteiger partial charge in [-0.25, -0.2) is 9.89 Å². The van der Waals surface area contributed by atoms with E-state index in [-0.39, 0.29) is 17.5 Å². The van der Waals surface area contributed by atoms with Crippen molar-refractivity contribution in [3.8, 4) is 0 Å². The van der Waals surface area contributed by atoms with Crippen LogP contribution in [0.25, 0.3) is 0 Å². The summed E-state index contributed by atoms with van der Waals surface area (Å²) in [6, 6.07) is 13.8. The molecule has 7 nitrogen and oxygen atoms in total. The molecule has 0 fully saturated rings. The Labute approximate surface area is 172 Å². The van der Waals surface area contributed by atoms with E-state index < -0.39 is 11.0 Å². The van der Waals surface area contributed by atoms with Crippen molar-refractivity contribution in [1.29, 1.82) is 0 Å². The Bertz CT molecular complexity index is 1050. The summed E-state index contributed by atoms with van der Waals surface area (Å²) in [5.41, 5.74) is 2.48. The summed E-state index contributed by atoms with van der Waals surface area (Å²) >= 11 is 1.39. The first-order chi connectivity index (χ1) is 14.0. The zero-order valence-electron chi connectivity index (χ0n) is 16.1. The topological polar surface area (TPSA) is 88.2 Å². The molecule has 2 heterocycles. The van der Waals surface area contributed by atoms with Gasteiger partial charge in [-0.2, -0.15) is 0 Å². The summed E-state index contributed by atoms with van der Waals surface area (Å²) in [5.74, 6) is 1.19. The SMILES string of the molecule is CC[C@@H](C)[C@@H]1N=C2c3ccccc3N=C(SCc3cccc([N+](=O)[O-])c3)N2C1=O. The highest BCUT2D eigenvalue weighted by molar-refractivity contribution is 8.13. The van der Waals surface area contributed by atoms with E-state index in [4.69, 9.17) is 9.98 Å². The van der Waals surface area contributed by atoms with Gasteiger partial charge < -0.3 is 0 Å². The van der Waals surface area contributed by atoms with Crippen LogP contribution >= 0.6 is 11.8 Å². The monoisotopic (exact) mass is 408 g/mol. The third kappa shape index (κ3) is 3.55. The van der Waals surface area contributed by atoms with Gasteiger partial charge in [0.1, 0.15) is 11.9 Å². The van der Waals surface area contributed by atoms with Crippen molar-refractivity contribution in [2.24, 2.45) is 15.9 Å². The molecule has 4 rings (SSSR count). The number of rotatable bonds is 5. The average molecular weight is 408 g/mol. The lowest BCUT2D eigenvalue weighted by molar-refractivity contribution is -0.384. The Kier molecular flexibility index (Phi) is 5.19. The van der Waals surface area contributed by atoms with Crippen LogP contribution in [0.3, 0.4) is 0 Å². The molecule has 0 saturated carbocycles. The lowest BCUT2D eigenvalue weighted by Crippen LogP contribution is -2.42. The van der Waals surface area contributed by atoms with Gasteiger partial charge >= 0.3 is 0 Å². The van der Waals surface area contributed by atoms with Crippen molar-refractivity contribution in [2.45, 2.75) is 32.1 Å². The molecule has 2 aromatic carbocycles. The van der Waals surface area contributed by atoms with Crippen LogP contribution in [0.5, 0.6) is 0 Å². The van der Waals surface area contributed by atoms with Gasteiger partial charge in [-0.05, 0) is 23.6 Å². The van der Waals surface area contributed by atoms with Crippen LogP contribution in [0.15, 0.2) is 58.5 Å². The molecule has 0 aliphatic carbocycles. The van der Waals surface area contributed by atoms with Crippen LogP contribution in [-0.2, 0) is 10.5 Å². The number of carbonyl (C=O) groups excluding carboxylic acids is 1. The minimum atomic E-state index is -0.412. The molecule has 0 saturated heterocycles. The summed E-state index contributed by atoms with van der Waals surface area (Å²) in [4.78, 5) is 34.8. The average Bonchev–Trinajstić information content (AvgIpc) is 3.09. The predicted octanol–water partition coefficient (Wildman–Crippen LogP) is 4.53. The van der Waals surface area contributed by atoms with Crippen LogP contribution in [0, 0.1) is 16.0 Å². The van der Waals surface area contributed by atoms with Gasteiger partial charge in [0.25, 0.3) is 11.6 Å². The van der Waals surface area contributed by atoms with Crippen molar-refractivity contribution in [2.75, 3.05) is 0 Å². The molecule has 0 spiro atoms. The number of non-ortho nitro benzene ring substituents is 1. The Morgan fingerprint density at radius 2 is 2.03 bits per heavy atom. The zero-order chi connectivity index (χ0) is 20.5. The molecule has 0 bridgehead atoms. The number of thioether (sulfide) groups is 1. The fourth-order valence-electron chi connectivity index (χ4n) is 3.37. The lowest BCUT2D eigenvalue weighted by atomic mass is 10.00. The first kappa shape index (κ1) is 19.3. The molecule has 0 unspecified atom stereocenters. The molecule has 29 heavy (non-hydrogen) atoms. The molecular weight excluding hydrogens is 388 g/mol. The zero-order valence-corrected chi connectivity index (χ0v) is 16.9. The number of amides is 1. The summed E-state index contributed by atoms with van der Waals surface area (Å²) in [6.45, 7) is 4.08. The van der Waals surface area contributed by atoms with Gasteiger partial charge in [0.15, 0.2) is 5.17 Å². The highest BCUT2D eigenvalue weighted by atomic mass is 32.2. The van der Waals surface area contributed by atoms with Gasteiger partial charge in [0, 0.05) is 23.4 Å². The maximum absolute atomic E-state index is 13.1. The first-order valence-electron chi connectivity index (χ1n) is 9.45. The number of nitro groups is 1. The summed E-state index contributed by atoms with van der Waals surface area (Å²) < 4.78 is 0. The van der Waals surface area contributed by atoms with Gasteiger partial charge in [0.2, 0.25) is 0 Å². The molecule has 2 atom stereocenters. The van der Waals surface area contributed by atoms with Crippen molar-refractivity contribution >= 4 is 40.0 Å². The van der Waals surface area contributed by atoms with E-state index in [1.807, 2.05) is 37.3 Å². The second kappa shape index (κ2) is 7.79. The van der Waals surface area contributed by atoms with E-state index in [0.29, 0.717) is 16.8 Å². The molecule has 2 aromatic rings. The smallest absolute Gasteiger partial charge is 0.269 e. The number of nitro benzene ring substituents is 1. The number of hydrogen-bond donors (Lipinski definition) is 0. The third-order valence-corrected chi connectivity index (χ3v) is 6.18. The number of benzene rings is 2. The van der Waals surface area contributed by atoms with Gasteiger partial charge in [0.05, 0.1) is 10.6 Å². The van der Waals surface area contributed by atoms with Gasteiger partial charge in [-0.3, -0.25) is 19.9 Å². The summed E-state index contributed by atoms with van der Waals surface area (Å²) in [5, 5.41) is 11.6. The highest BCUT2D eigenvalue weighted by Crippen LogP contribution is 2.36. The second-order valence-corrected chi connectivity index (χ2v) is 8.03. The quantitative estimate of drug-likeness (QED) is 0.537. The molecule has 1 amide bonds. The maximum Gasteiger partial charge on any atom is 0.269 e. The minimum absolute atomic E-state index is 0.0513.